The first-order valence-electron chi connectivity index (χ1n) is 27.2. The Morgan fingerprint density at radius 3 is 1.18 bits per heavy atom. The lowest BCUT2D eigenvalue weighted by molar-refractivity contribution is 1.13. The molecule has 0 saturated heterocycles. The summed E-state index contributed by atoms with van der Waals surface area (Å²) in [5.41, 5.74) is 25.1. The molecule has 0 unspecified atom stereocenters. The third-order valence-corrected chi connectivity index (χ3v) is 16.2. The summed E-state index contributed by atoms with van der Waals surface area (Å²) in [7, 11) is 0. The van der Waals surface area contributed by atoms with E-state index in [9.17, 15) is 0 Å². The topological polar surface area (TPSA) is 40.6 Å². The van der Waals surface area contributed by atoms with Crippen LogP contribution in [0.15, 0.2) is 249 Å². The van der Waals surface area contributed by atoms with E-state index in [1.54, 1.807) is 0 Å². The predicted molar refractivity (Wildman–Crippen MR) is 331 cm³/mol. The first-order chi connectivity index (χ1) is 38.8. The Bertz CT molecular complexity index is 4590. The fraction of sp³-hybridized carbons (Fsp3) is 0.0541. The maximum absolute atomic E-state index is 5.13. The summed E-state index contributed by atoms with van der Waals surface area (Å²) in [4.78, 5) is 10.2. The fourth-order valence-electron chi connectivity index (χ4n) is 12.4. The molecule has 15 aromatic rings. The molecule has 0 aliphatic rings. The summed E-state index contributed by atoms with van der Waals surface area (Å²) in [5, 5.41) is 7.43. The molecule has 15 rings (SSSR count). The lowest BCUT2D eigenvalue weighted by Gasteiger charge is -2.16. The Hall–Kier alpha value is -10.1. The minimum Gasteiger partial charge on any atom is -0.309 e. The van der Waals surface area contributed by atoms with Gasteiger partial charge in [0.2, 0.25) is 0 Å². The molecule has 0 spiro atoms. The number of para-hydroxylation sites is 4. The van der Waals surface area contributed by atoms with Crippen molar-refractivity contribution in [1.29, 1.82) is 0 Å². The molecule has 0 fully saturated rings. The van der Waals surface area contributed by atoms with Gasteiger partial charge in [-0.2, -0.15) is 0 Å². The quantitative estimate of drug-likeness (QED) is 0.152. The van der Waals surface area contributed by atoms with Crippen LogP contribution in [-0.2, 0) is 0 Å². The molecule has 0 radical (unpaired) electrons. The number of hydrogen-bond acceptors (Lipinski definition) is 2. The second-order valence-corrected chi connectivity index (χ2v) is 21.3. The Kier molecular flexibility index (Phi) is 10.7. The van der Waals surface area contributed by atoms with Crippen LogP contribution in [0.5, 0.6) is 0 Å². The Morgan fingerprint density at radius 1 is 0.266 bits per heavy atom. The first-order valence-corrected chi connectivity index (χ1v) is 27.2. The molecule has 0 bridgehead atoms. The van der Waals surface area contributed by atoms with Crippen molar-refractivity contribution in [3.8, 4) is 73.2 Å². The number of benzene rings is 11. The van der Waals surface area contributed by atoms with Crippen molar-refractivity contribution >= 4 is 65.4 Å². The van der Waals surface area contributed by atoms with Gasteiger partial charge < -0.3 is 13.7 Å². The molecule has 79 heavy (non-hydrogen) atoms. The molecule has 0 amide bonds. The lowest BCUT2D eigenvalue weighted by Crippen LogP contribution is -2.00. The van der Waals surface area contributed by atoms with Gasteiger partial charge >= 0.3 is 0 Å². The van der Waals surface area contributed by atoms with Crippen LogP contribution in [-0.4, -0.2) is 23.7 Å². The van der Waals surface area contributed by atoms with E-state index in [0.29, 0.717) is 0 Å². The predicted octanol–water partition coefficient (Wildman–Crippen LogP) is 19.3. The lowest BCUT2D eigenvalue weighted by atomic mass is 9.95. The van der Waals surface area contributed by atoms with Crippen LogP contribution in [0, 0.1) is 27.7 Å². The fourth-order valence-corrected chi connectivity index (χ4v) is 12.4. The minimum absolute atomic E-state index is 0.723. The second kappa shape index (κ2) is 18.3. The third-order valence-electron chi connectivity index (χ3n) is 16.2. The van der Waals surface area contributed by atoms with Crippen LogP contribution < -0.4 is 0 Å². The van der Waals surface area contributed by atoms with Crippen molar-refractivity contribution in [1.82, 2.24) is 23.7 Å². The van der Waals surface area contributed by atoms with E-state index in [2.05, 4.69) is 290 Å². The molecule has 5 nitrogen and oxygen atoms in total. The van der Waals surface area contributed by atoms with Gasteiger partial charge in [-0.25, -0.2) is 9.97 Å². The number of nitrogens with zero attached hydrogens (tertiary/aromatic N) is 5. The number of hydrogen-bond donors (Lipinski definition) is 0. The largest absolute Gasteiger partial charge is 0.309 e. The monoisotopic (exact) mass is 1010 g/mol. The van der Waals surface area contributed by atoms with Crippen molar-refractivity contribution in [3.05, 3.63) is 271 Å². The standard InChI is InChI=1S/C74H53N5/c1-46-15-13-17-54(39-46)66-45-65(75-74(76-66)55-18-14-16-47(2)40-55)53-33-29-51(30-34-53)50-27-31-52(32-28-50)62-41-49(4)73(42-48(62)3)79-71-37-35-56(77-67-23-9-5-19-58(67)59-20-6-10-24-68(59)77)43-63(71)64-44-57(36-38-72(64)79)78-69-25-11-7-21-60(69)61-22-8-12-26-70(61)78/h5-45H,1-4H3. The molecule has 4 aromatic heterocycles. The molecular formula is C74H53N5. The van der Waals surface area contributed by atoms with Gasteiger partial charge in [0.1, 0.15) is 0 Å². The average Bonchev–Trinajstić information content (AvgIpc) is 4.35. The second-order valence-electron chi connectivity index (χ2n) is 21.3. The van der Waals surface area contributed by atoms with E-state index in [0.717, 1.165) is 56.4 Å². The molecule has 0 saturated carbocycles. The highest BCUT2D eigenvalue weighted by Gasteiger charge is 2.21. The molecule has 4 heterocycles. The van der Waals surface area contributed by atoms with Crippen molar-refractivity contribution in [3.63, 3.8) is 0 Å². The summed E-state index contributed by atoms with van der Waals surface area (Å²) in [6, 6.07) is 90.8. The van der Waals surface area contributed by atoms with E-state index < -0.39 is 0 Å². The van der Waals surface area contributed by atoms with Gasteiger partial charge in [-0.3, -0.25) is 0 Å². The van der Waals surface area contributed by atoms with E-state index in [-0.39, 0.29) is 0 Å². The van der Waals surface area contributed by atoms with Crippen LogP contribution in [0.3, 0.4) is 0 Å². The maximum atomic E-state index is 5.13. The number of rotatable bonds is 8. The SMILES string of the molecule is Cc1cccc(-c2cc(-c3ccc(-c4ccc(-c5cc(C)c(-n6c7ccc(-n8c9ccccc9c9ccccc98)cc7c7cc(-n8c9ccccc9c9ccccc98)ccc76)cc5C)cc4)cc3)nc(-c3cccc(C)c3)n2)c1. The summed E-state index contributed by atoms with van der Waals surface area (Å²) < 4.78 is 7.35. The maximum Gasteiger partial charge on any atom is 0.160 e. The molecule has 374 valence electrons. The van der Waals surface area contributed by atoms with Gasteiger partial charge in [-0.15, -0.1) is 0 Å². The van der Waals surface area contributed by atoms with Crippen molar-refractivity contribution in [2.45, 2.75) is 27.7 Å². The molecule has 0 aliphatic heterocycles. The number of aromatic nitrogens is 5. The molecule has 0 aliphatic carbocycles. The normalized spacial score (nSPS) is 11.8. The van der Waals surface area contributed by atoms with Crippen LogP contribution in [0.4, 0.5) is 0 Å². The van der Waals surface area contributed by atoms with Crippen molar-refractivity contribution in [2.24, 2.45) is 0 Å². The van der Waals surface area contributed by atoms with E-state index >= 15 is 0 Å². The Labute approximate surface area is 458 Å². The summed E-state index contributed by atoms with van der Waals surface area (Å²) in [6.07, 6.45) is 0. The van der Waals surface area contributed by atoms with Crippen LogP contribution in [0.25, 0.3) is 139 Å². The molecule has 0 atom stereocenters. The van der Waals surface area contributed by atoms with Gasteiger partial charge in [-0.05, 0) is 152 Å². The van der Waals surface area contributed by atoms with Crippen LogP contribution in [0.1, 0.15) is 22.3 Å². The number of fused-ring (bicyclic) bond motifs is 9. The molecule has 11 aromatic carbocycles. The smallest absolute Gasteiger partial charge is 0.160 e. The van der Waals surface area contributed by atoms with Crippen LogP contribution in [0.2, 0.25) is 0 Å². The molecule has 0 N–H and O–H groups in total. The van der Waals surface area contributed by atoms with Gasteiger partial charge in [0.25, 0.3) is 0 Å². The summed E-state index contributed by atoms with van der Waals surface area (Å²) >= 11 is 0. The summed E-state index contributed by atoms with van der Waals surface area (Å²) in [5.74, 6) is 0.723. The van der Waals surface area contributed by atoms with Crippen molar-refractivity contribution < 1.29 is 0 Å². The number of aryl methyl sites for hydroxylation is 4. The zero-order chi connectivity index (χ0) is 52.9. The molecule has 5 heteroatoms. The first kappa shape index (κ1) is 46.2. The van der Waals surface area contributed by atoms with Gasteiger partial charge in [-0.1, -0.05) is 169 Å². The minimum atomic E-state index is 0.723. The highest BCUT2D eigenvalue weighted by Crippen LogP contribution is 2.42. The highest BCUT2D eigenvalue weighted by atomic mass is 15.0. The van der Waals surface area contributed by atoms with Gasteiger partial charge in [0.05, 0.1) is 44.5 Å². The van der Waals surface area contributed by atoms with Crippen LogP contribution >= 0.6 is 0 Å². The van der Waals surface area contributed by atoms with Crippen molar-refractivity contribution in [2.75, 3.05) is 0 Å². The van der Waals surface area contributed by atoms with Gasteiger partial charge in [0.15, 0.2) is 5.82 Å². The zero-order valence-electron chi connectivity index (χ0n) is 44.4. The highest BCUT2D eigenvalue weighted by molar-refractivity contribution is 6.14. The zero-order valence-corrected chi connectivity index (χ0v) is 44.4. The van der Waals surface area contributed by atoms with E-state index in [4.69, 9.17) is 9.97 Å². The Morgan fingerprint density at radius 2 is 0.684 bits per heavy atom. The Balaban J connectivity index is 0.808. The third kappa shape index (κ3) is 7.68. The molecular weight excluding hydrogens is 959 g/mol. The van der Waals surface area contributed by atoms with E-state index in [1.165, 1.54) is 104 Å². The van der Waals surface area contributed by atoms with Gasteiger partial charge in [0, 0.05) is 66.1 Å². The summed E-state index contributed by atoms with van der Waals surface area (Å²) in [6.45, 7) is 8.74. The average molecular weight is 1010 g/mol. The van der Waals surface area contributed by atoms with E-state index in [1.807, 2.05) is 0 Å².